The number of rotatable bonds is 7. The van der Waals surface area contributed by atoms with Crippen molar-refractivity contribution in [2.24, 2.45) is 11.3 Å². The molecule has 1 aliphatic carbocycles. The molecule has 2 atom stereocenters. The summed E-state index contributed by atoms with van der Waals surface area (Å²) in [6.45, 7) is 7.03. The Kier molecular flexibility index (Phi) is 4.94. The minimum absolute atomic E-state index is 0.0646. The second-order valence-corrected chi connectivity index (χ2v) is 7.83. The molecule has 1 aromatic heterocycles. The first-order chi connectivity index (χ1) is 11.5. The number of hydrogen-bond donors (Lipinski definition) is 1. The summed E-state index contributed by atoms with van der Waals surface area (Å²) in [6.07, 6.45) is 0. The SMILES string of the molecule is Cc1nc(CSCC(=O)NC[C@@H]2[C@H](c3ccccc3)C2(C)C)no1. The number of thioether (sulfide) groups is 1. The lowest BCUT2D eigenvalue weighted by atomic mass is 10.0. The van der Waals surface area contributed by atoms with E-state index in [0.29, 0.717) is 35.1 Å². The Balaban J connectivity index is 1.41. The molecule has 1 N–H and O–H groups in total. The fraction of sp³-hybridized carbons (Fsp3) is 0.500. The van der Waals surface area contributed by atoms with E-state index in [1.807, 2.05) is 6.07 Å². The molecule has 1 amide bonds. The summed E-state index contributed by atoms with van der Waals surface area (Å²) in [5, 5.41) is 6.89. The highest BCUT2D eigenvalue weighted by molar-refractivity contribution is 7.99. The van der Waals surface area contributed by atoms with Gasteiger partial charge in [-0.3, -0.25) is 4.79 Å². The van der Waals surface area contributed by atoms with Crippen LogP contribution in [-0.4, -0.2) is 28.3 Å². The molecule has 1 aromatic carbocycles. The van der Waals surface area contributed by atoms with E-state index in [2.05, 4.69) is 53.6 Å². The Bertz CT molecular complexity index is 699. The fourth-order valence-corrected chi connectivity index (χ4v) is 4.05. The molecule has 0 aliphatic heterocycles. The number of hydrogen-bond acceptors (Lipinski definition) is 5. The van der Waals surface area contributed by atoms with Crippen LogP contribution in [0.3, 0.4) is 0 Å². The summed E-state index contributed by atoms with van der Waals surface area (Å²) in [5.41, 5.74) is 1.60. The molecular formula is C18H23N3O2S. The molecule has 3 rings (SSSR count). The van der Waals surface area contributed by atoms with Gasteiger partial charge in [-0.05, 0) is 22.8 Å². The predicted molar refractivity (Wildman–Crippen MR) is 94.7 cm³/mol. The third kappa shape index (κ3) is 3.80. The second kappa shape index (κ2) is 6.97. The van der Waals surface area contributed by atoms with Crippen LogP contribution >= 0.6 is 11.8 Å². The average Bonchev–Trinajstić information content (AvgIpc) is 2.86. The van der Waals surface area contributed by atoms with Crippen molar-refractivity contribution < 1.29 is 9.32 Å². The standard InChI is InChI=1S/C18H23N3O2S/c1-12-20-15(21-23-12)10-24-11-16(22)19-9-14-17(18(14,2)3)13-7-5-4-6-8-13/h4-8,14,17H,9-11H2,1-3H3,(H,19,22)/t14-,17+/m1/s1. The average molecular weight is 345 g/mol. The maximum absolute atomic E-state index is 12.0. The van der Waals surface area contributed by atoms with Gasteiger partial charge in [0.1, 0.15) is 0 Å². The van der Waals surface area contributed by atoms with Gasteiger partial charge in [0.15, 0.2) is 5.82 Å². The smallest absolute Gasteiger partial charge is 0.230 e. The zero-order chi connectivity index (χ0) is 17.2. The summed E-state index contributed by atoms with van der Waals surface area (Å²) in [6, 6.07) is 10.6. The molecule has 2 aromatic rings. The van der Waals surface area contributed by atoms with Gasteiger partial charge in [-0.2, -0.15) is 4.98 Å². The van der Waals surface area contributed by atoms with E-state index in [4.69, 9.17) is 4.52 Å². The van der Waals surface area contributed by atoms with Crippen LogP contribution in [0, 0.1) is 18.3 Å². The van der Waals surface area contributed by atoms with Crippen LogP contribution < -0.4 is 5.32 Å². The molecule has 0 bridgehead atoms. The molecule has 0 saturated heterocycles. The first kappa shape index (κ1) is 17.0. The Labute approximate surface area is 146 Å². The molecule has 0 unspecified atom stereocenters. The van der Waals surface area contributed by atoms with Crippen LogP contribution in [0.25, 0.3) is 0 Å². The highest BCUT2D eigenvalue weighted by Crippen LogP contribution is 2.63. The Morgan fingerprint density at radius 1 is 1.33 bits per heavy atom. The van der Waals surface area contributed by atoms with Gasteiger partial charge in [0.05, 0.1) is 11.5 Å². The molecule has 1 saturated carbocycles. The molecule has 0 radical (unpaired) electrons. The van der Waals surface area contributed by atoms with Gasteiger partial charge >= 0.3 is 0 Å². The number of aromatic nitrogens is 2. The predicted octanol–water partition coefficient (Wildman–Crippen LogP) is 3.17. The van der Waals surface area contributed by atoms with Crippen LogP contribution in [0.2, 0.25) is 0 Å². The lowest BCUT2D eigenvalue weighted by Crippen LogP contribution is -2.28. The normalized spacial score (nSPS) is 21.5. The van der Waals surface area contributed by atoms with Crippen molar-refractivity contribution in [2.75, 3.05) is 12.3 Å². The summed E-state index contributed by atoms with van der Waals surface area (Å²) in [4.78, 5) is 16.2. The minimum Gasteiger partial charge on any atom is -0.355 e. The zero-order valence-corrected chi connectivity index (χ0v) is 15.1. The maximum atomic E-state index is 12.0. The van der Waals surface area contributed by atoms with Gasteiger partial charge < -0.3 is 9.84 Å². The van der Waals surface area contributed by atoms with E-state index >= 15 is 0 Å². The Morgan fingerprint density at radius 3 is 2.75 bits per heavy atom. The number of benzene rings is 1. The van der Waals surface area contributed by atoms with Crippen molar-refractivity contribution >= 4 is 17.7 Å². The van der Waals surface area contributed by atoms with E-state index in [-0.39, 0.29) is 11.3 Å². The van der Waals surface area contributed by atoms with E-state index in [1.54, 1.807) is 6.92 Å². The topological polar surface area (TPSA) is 68.0 Å². The van der Waals surface area contributed by atoms with Gasteiger partial charge in [-0.25, -0.2) is 0 Å². The van der Waals surface area contributed by atoms with E-state index < -0.39 is 0 Å². The first-order valence-corrected chi connectivity index (χ1v) is 9.32. The molecule has 0 spiro atoms. The molecular weight excluding hydrogens is 322 g/mol. The van der Waals surface area contributed by atoms with Gasteiger partial charge in [-0.15, -0.1) is 11.8 Å². The number of aryl methyl sites for hydroxylation is 1. The maximum Gasteiger partial charge on any atom is 0.230 e. The fourth-order valence-electron chi connectivity index (χ4n) is 3.36. The second-order valence-electron chi connectivity index (χ2n) is 6.84. The first-order valence-electron chi connectivity index (χ1n) is 8.17. The number of nitrogens with zero attached hydrogens (tertiary/aromatic N) is 2. The summed E-state index contributed by atoms with van der Waals surface area (Å²) in [5.74, 6) is 3.27. The lowest BCUT2D eigenvalue weighted by molar-refractivity contribution is -0.118. The highest BCUT2D eigenvalue weighted by atomic mass is 32.2. The Morgan fingerprint density at radius 2 is 2.08 bits per heavy atom. The Hall–Kier alpha value is -1.82. The van der Waals surface area contributed by atoms with Crippen LogP contribution in [0.4, 0.5) is 0 Å². The third-order valence-electron chi connectivity index (χ3n) is 4.76. The quantitative estimate of drug-likeness (QED) is 0.835. The monoisotopic (exact) mass is 345 g/mol. The van der Waals surface area contributed by atoms with Gasteiger partial charge in [-0.1, -0.05) is 49.3 Å². The minimum atomic E-state index is 0.0646. The van der Waals surface area contributed by atoms with Crippen molar-refractivity contribution in [2.45, 2.75) is 32.4 Å². The largest absolute Gasteiger partial charge is 0.355 e. The van der Waals surface area contributed by atoms with Gasteiger partial charge in [0.25, 0.3) is 0 Å². The molecule has 128 valence electrons. The zero-order valence-electron chi connectivity index (χ0n) is 14.3. The van der Waals surface area contributed by atoms with E-state index in [9.17, 15) is 4.79 Å². The van der Waals surface area contributed by atoms with Crippen LogP contribution in [0.5, 0.6) is 0 Å². The highest BCUT2D eigenvalue weighted by Gasteiger charge is 2.57. The van der Waals surface area contributed by atoms with Gasteiger partial charge in [0, 0.05) is 13.5 Å². The van der Waals surface area contributed by atoms with Crippen molar-refractivity contribution in [3.63, 3.8) is 0 Å². The third-order valence-corrected chi connectivity index (χ3v) is 5.69. The summed E-state index contributed by atoms with van der Waals surface area (Å²) in [7, 11) is 0. The number of carbonyl (C=O) groups is 1. The molecule has 5 nitrogen and oxygen atoms in total. The molecule has 1 heterocycles. The summed E-state index contributed by atoms with van der Waals surface area (Å²) < 4.78 is 4.91. The molecule has 6 heteroatoms. The van der Waals surface area contributed by atoms with Crippen molar-refractivity contribution in [1.82, 2.24) is 15.5 Å². The van der Waals surface area contributed by atoms with E-state index in [1.165, 1.54) is 17.3 Å². The van der Waals surface area contributed by atoms with Crippen molar-refractivity contribution in [3.05, 3.63) is 47.6 Å². The van der Waals surface area contributed by atoms with Crippen LogP contribution in [-0.2, 0) is 10.5 Å². The molecule has 24 heavy (non-hydrogen) atoms. The summed E-state index contributed by atoms with van der Waals surface area (Å²) >= 11 is 1.50. The number of nitrogens with one attached hydrogen (secondary N) is 1. The van der Waals surface area contributed by atoms with Crippen molar-refractivity contribution in [1.29, 1.82) is 0 Å². The number of carbonyl (C=O) groups excluding carboxylic acids is 1. The van der Waals surface area contributed by atoms with Gasteiger partial charge in [0.2, 0.25) is 11.8 Å². The van der Waals surface area contributed by atoms with Crippen LogP contribution in [0.1, 0.15) is 37.0 Å². The molecule has 1 fully saturated rings. The molecule has 1 aliphatic rings. The number of amides is 1. The lowest BCUT2D eigenvalue weighted by Gasteiger charge is -2.05. The van der Waals surface area contributed by atoms with Crippen LogP contribution in [0.15, 0.2) is 34.9 Å². The van der Waals surface area contributed by atoms with E-state index in [0.717, 1.165) is 6.54 Å². The van der Waals surface area contributed by atoms with Crippen molar-refractivity contribution in [3.8, 4) is 0 Å².